The van der Waals surface area contributed by atoms with Crippen LogP contribution < -0.4 is 10.6 Å². The van der Waals surface area contributed by atoms with Crippen molar-refractivity contribution in [3.63, 3.8) is 0 Å². The topological polar surface area (TPSA) is 59.9 Å². The van der Waals surface area contributed by atoms with Gasteiger partial charge < -0.3 is 15.7 Å². The van der Waals surface area contributed by atoms with Gasteiger partial charge in [0.1, 0.15) is 0 Å². The van der Waals surface area contributed by atoms with E-state index in [1.807, 2.05) is 30.3 Å². The fraction of sp³-hybridized carbons (Fsp3) is 0.667. The molecule has 0 radical (unpaired) electrons. The van der Waals surface area contributed by atoms with Crippen LogP contribution in [0.15, 0.2) is 35.3 Å². The van der Waals surface area contributed by atoms with Crippen LogP contribution in [-0.2, 0) is 6.42 Å². The van der Waals surface area contributed by atoms with Crippen LogP contribution in [0.3, 0.4) is 0 Å². The van der Waals surface area contributed by atoms with Crippen molar-refractivity contribution in [2.45, 2.75) is 58.1 Å². The number of rotatable bonds is 8. The highest BCUT2D eigenvalue weighted by molar-refractivity contribution is 5.79. The zero-order chi connectivity index (χ0) is 18.8. The first-order chi connectivity index (χ1) is 12.5. The highest BCUT2D eigenvalue weighted by Gasteiger charge is 2.27. The number of hydrogen-bond acceptors (Lipinski definition) is 3. The molecule has 1 fully saturated rings. The van der Waals surface area contributed by atoms with Gasteiger partial charge in [0.2, 0.25) is 0 Å². The minimum atomic E-state index is -0.434. The molecule has 3 N–H and O–H groups in total. The molecule has 5 heteroatoms. The van der Waals surface area contributed by atoms with Gasteiger partial charge in [0, 0.05) is 25.0 Å². The number of aliphatic imine (C=N–C) groups is 1. The second kappa shape index (κ2) is 10.5. The molecule has 0 spiro atoms. The van der Waals surface area contributed by atoms with Crippen LogP contribution in [0.5, 0.6) is 0 Å². The highest BCUT2D eigenvalue weighted by Crippen LogP contribution is 2.20. The van der Waals surface area contributed by atoms with E-state index in [2.05, 4.69) is 36.3 Å². The quantitative estimate of drug-likeness (QED) is 0.492. The number of piperidine rings is 1. The Morgan fingerprint density at radius 3 is 2.50 bits per heavy atom. The van der Waals surface area contributed by atoms with Gasteiger partial charge in [0.15, 0.2) is 5.96 Å². The predicted molar refractivity (Wildman–Crippen MR) is 110 cm³/mol. The van der Waals surface area contributed by atoms with Gasteiger partial charge in [-0.1, -0.05) is 36.8 Å². The summed E-state index contributed by atoms with van der Waals surface area (Å²) < 4.78 is 0. The van der Waals surface area contributed by atoms with E-state index in [0.717, 1.165) is 24.6 Å². The van der Waals surface area contributed by atoms with Crippen molar-refractivity contribution in [1.29, 1.82) is 0 Å². The number of nitrogens with zero attached hydrogens (tertiary/aromatic N) is 2. The molecule has 0 bridgehead atoms. The lowest BCUT2D eigenvalue weighted by molar-refractivity contribution is 0.102. The van der Waals surface area contributed by atoms with Crippen LogP contribution in [0.2, 0.25) is 0 Å². The summed E-state index contributed by atoms with van der Waals surface area (Å²) in [4.78, 5) is 7.33. The SMILES string of the molecule is CCNC(=NCC(C)(C)N1CCCCC1)NCC(O)Cc1ccccc1. The molecule has 0 saturated carbocycles. The van der Waals surface area contributed by atoms with E-state index < -0.39 is 6.10 Å². The fourth-order valence-electron chi connectivity index (χ4n) is 3.39. The predicted octanol–water partition coefficient (Wildman–Crippen LogP) is 2.41. The molecule has 5 nitrogen and oxygen atoms in total. The maximum atomic E-state index is 10.3. The van der Waals surface area contributed by atoms with Crippen molar-refractivity contribution in [1.82, 2.24) is 15.5 Å². The number of guanidine groups is 1. The fourth-order valence-corrected chi connectivity index (χ4v) is 3.39. The summed E-state index contributed by atoms with van der Waals surface area (Å²) in [5.41, 5.74) is 1.21. The maximum Gasteiger partial charge on any atom is 0.191 e. The summed E-state index contributed by atoms with van der Waals surface area (Å²) in [6, 6.07) is 10.1. The molecule has 1 aliphatic rings. The molecule has 1 saturated heterocycles. The van der Waals surface area contributed by atoms with Gasteiger partial charge in [0.25, 0.3) is 0 Å². The molecule has 26 heavy (non-hydrogen) atoms. The Balaban J connectivity index is 1.85. The number of likely N-dealkylation sites (tertiary alicyclic amines) is 1. The van der Waals surface area contributed by atoms with Gasteiger partial charge in [-0.25, -0.2) is 0 Å². The summed E-state index contributed by atoms with van der Waals surface area (Å²) in [5, 5.41) is 16.9. The zero-order valence-corrected chi connectivity index (χ0v) is 16.7. The van der Waals surface area contributed by atoms with Crippen LogP contribution in [0, 0.1) is 0 Å². The third kappa shape index (κ3) is 6.96. The molecule has 0 aliphatic carbocycles. The Morgan fingerprint density at radius 2 is 1.85 bits per heavy atom. The molecule has 0 aromatic heterocycles. The first kappa shape index (κ1) is 20.7. The molecular weight excluding hydrogens is 324 g/mol. The lowest BCUT2D eigenvalue weighted by Crippen LogP contribution is -2.50. The average Bonchev–Trinajstić information content (AvgIpc) is 2.65. The van der Waals surface area contributed by atoms with Gasteiger partial charge in [0.05, 0.1) is 12.6 Å². The van der Waals surface area contributed by atoms with Crippen molar-refractivity contribution in [2.75, 3.05) is 32.7 Å². The molecule has 1 heterocycles. The number of aliphatic hydroxyl groups is 1. The van der Waals surface area contributed by atoms with Crippen molar-refractivity contribution >= 4 is 5.96 Å². The number of nitrogens with one attached hydrogen (secondary N) is 2. The second-order valence-electron chi connectivity index (χ2n) is 7.78. The Hall–Kier alpha value is -1.59. The number of benzene rings is 1. The molecule has 2 rings (SSSR count). The molecule has 1 aromatic carbocycles. The van der Waals surface area contributed by atoms with E-state index >= 15 is 0 Å². The van der Waals surface area contributed by atoms with Gasteiger partial charge >= 0.3 is 0 Å². The smallest absolute Gasteiger partial charge is 0.191 e. The molecule has 1 aromatic rings. The molecule has 1 unspecified atom stereocenters. The molecule has 1 atom stereocenters. The summed E-state index contributed by atoms with van der Waals surface area (Å²) in [6.45, 7) is 11.0. The van der Waals surface area contributed by atoms with E-state index in [9.17, 15) is 5.11 Å². The van der Waals surface area contributed by atoms with Crippen molar-refractivity contribution in [3.8, 4) is 0 Å². The third-order valence-corrected chi connectivity index (χ3v) is 5.00. The van der Waals surface area contributed by atoms with Crippen molar-refractivity contribution < 1.29 is 5.11 Å². The maximum absolute atomic E-state index is 10.3. The van der Waals surface area contributed by atoms with E-state index in [0.29, 0.717) is 13.0 Å². The monoisotopic (exact) mass is 360 g/mol. The first-order valence-electron chi connectivity index (χ1n) is 10.0. The molecular formula is C21H36N4O. The first-order valence-corrected chi connectivity index (χ1v) is 10.0. The Morgan fingerprint density at radius 1 is 1.15 bits per heavy atom. The zero-order valence-electron chi connectivity index (χ0n) is 16.7. The van der Waals surface area contributed by atoms with Gasteiger partial charge in [-0.05, 0) is 52.3 Å². The average molecular weight is 361 g/mol. The lowest BCUT2D eigenvalue weighted by Gasteiger charge is -2.40. The molecule has 0 amide bonds. The molecule has 1 aliphatic heterocycles. The van der Waals surface area contributed by atoms with Crippen LogP contribution in [0.1, 0.15) is 45.6 Å². The summed E-state index contributed by atoms with van der Waals surface area (Å²) in [6.07, 6.45) is 4.14. The van der Waals surface area contributed by atoms with Crippen LogP contribution in [0.25, 0.3) is 0 Å². The lowest BCUT2D eigenvalue weighted by atomic mass is 9.99. The summed E-state index contributed by atoms with van der Waals surface area (Å²) in [5.74, 6) is 0.782. The standard InChI is InChI=1S/C21H36N4O/c1-4-22-20(23-16-19(26)15-18-11-7-5-8-12-18)24-17-21(2,3)25-13-9-6-10-14-25/h5,7-8,11-12,19,26H,4,6,9-10,13-17H2,1-3H3,(H2,22,23,24). The minimum absolute atomic E-state index is 0.0609. The van der Waals surface area contributed by atoms with E-state index in [4.69, 9.17) is 4.99 Å². The van der Waals surface area contributed by atoms with Crippen molar-refractivity contribution in [2.24, 2.45) is 4.99 Å². The summed E-state index contributed by atoms with van der Waals surface area (Å²) in [7, 11) is 0. The van der Waals surface area contributed by atoms with Crippen LogP contribution in [-0.4, -0.2) is 60.3 Å². The largest absolute Gasteiger partial charge is 0.391 e. The van der Waals surface area contributed by atoms with Crippen molar-refractivity contribution in [3.05, 3.63) is 35.9 Å². The molecule has 146 valence electrons. The van der Waals surface area contributed by atoms with Crippen LogP contribution in [0.4, 0.5) is 0 Å². The Labute approximate surface area is 158 Å². The Kier molecular flexibility index (Phi) is 8.39. The summed E-state index contributed by atoms with van der Waals surface area (Å²) >= 11 is 0. The normalized spacial score (nSPS) is 17.8. The van der Waals surface area contributed by atoms with Gasteiger partial charge in [-0.2, -0.15) is 0 Å². The van der Waals surface area contributed by atoms with Gasteiger partial charge in [-0.15, -0.1) is 0 Å². The second-order valence-corrected chi connectivity index (χ2v) is 7.78. The van der Waals surface area contributed by atoms with Crippen LogP contribution >= 0.6 is 0 Å². The number of hydrogen-bond donors (Lipinski definition) is 3. The third-order valence-electron chi connectivity index (χ3n) is 5.00. The van der Waals surface area contributed by atoms with E-state index in [1.165, 1.54) is 32.4 Å². The Bertz CT molecular complexity index is 538. The number of aliphatic hydroxyl groups excluding tert-OH is 1. The van der Waals surface area contributed by atoms with E-state index in [-0.39, 0.29) is 5.54 Å². The minimum Gasteiger partial charge on any atom is -0.391 e. The van der Waals surface area contributed by atoms with Gasteiger partial charge in [-0.3, -0.25) is 9.89 Å². The van der Waals surface area contributed by atoms with E-state index in [1.54, 1.807) is 0 Å². The highest BCUT2D eigenvalue weighted by atomic mass is 16.3.